The molecular formula is C11H12BrN3O4S2. The lowest BCUT2D eigenvalue weighted by atomic mass is 10.2. The predicted molar refractivity (Wildman–Crippen MR) is 80.8 cm³/mol. The first-order chi connectivity index (χ1) is 9.79. The van der Waals surface area contributed by atoms with E-state index in [1.165, 1.54) is 29.9 Å². The molecule has 0 radical (unpaired) electrons. The summed E-state index contributed by atoms with van der Waals surface area (Å²) in [4.78, 5) is 18.4. The van der Waals surface area contributed by atoms with Crippen molar-refractivity contribution < 1.29 is 18.3 Å². The Morgan fingerprint density at radius 2 is 2.33 bits per heavy atom. The summed E-state index contributed by atoms with van der Waals surface area (Å²) in [6.45, 7) is 1.66. The van der Waals surface area contributed by atoms with E-state index >= 15 is 0 Å². The van der Waals surface area contributed by atoms with Crippen LogP contribution in [-0.2, 0) is 21.2 Å². The van der Waals surface area contributed by atoms with E-state index in [4.69, 9.17) is 0 Å². The van der Waals surface area contributed by atoms with Crippen molar-refractivity contribution in [2.75, 3.05) is 0 Å². The maximum absolute atomic E-state index is 12.3. The number of nitrogens with one attached hydrogen (secondary N) is 2. The Bertz CT molecular complexity index is 740. The van der Waals surface area contributed by atoms with E-state index in [0.717, 1.165) is 0 Å². The molecule has 21 heavy (non-hydrogen) atoms. The van der Waals surface area contributed by atoms with Crippen LogP contribution in [0.2, 0.25) is 0 Å². The van der Waals surface area contributed by atoms with Crippen molar-refractivity contribution in [3.05, 3.63) is 32.9 Å². The highest BCUT2D eigenvalue weighted by Crippen LogP contribution is 2.29. The highest BCUT2D eigenvalue weighted by molar-refractivity contribution is 9.11. The minimum absolute atomic E-state index is 0.0150. The molecule has 2 rings (SSSR count). The number of sulfonamides is 1. The normalized spacial score (nSPS) is 13.2. The molecule has 114 valence electrons. The van der Waals surface area contributed by atoms with Crippen molar-refractivity contribution in [3.8, 4) is 0 Å². The number of thiophene rings is 1. The molecule has 0 aliphatic rings. The number of aliphatic carboxylic acids is 1. The third-order valence-electron chi connectivity index (χ3n) is 2.71. The van der Waals surface area contributed by atoms with E-state index in [1.807, 2.05) is 0 Å². The number of hydrogen-bond donors (Lipinski definition) is 3. The zero-order valence-electron chi connectivity index (χ0n) is 10.8. The number of carbonyl (C=O) groups is 1. The molecule has 0 aromatic carbocycles. The minimum atomic E-state index is -3.90. The second kappa shape index (κ2) is 6.26. The molecule has 2 aromatic rings. The van der Waals surface area contributed by atoms with Crippen molar-refractivity contribution in [2.45, 2.75) is 24.3 Å². The summed E-state index contributed by atoms with van der Waals surface area (Å²) in [5.41, 5.74) is 0.535. The van der Waals surface area contributed by atoms with Crippen LogP contribution in [0.25, 0.3) is 0 Å². The summed E-state index contributed by atoms with van der Waals surface area (Å²) in [5, 5.41) is 9.19. The predicted octanol–water partition coefficient (Wildman–Crippen LogP) is 1.52. The molecule has 0 aliphatic carbocycles. The van der Waals surface area contributed by atoms with E-state index < -0.39 is 22.0 Å². The number of aryl methyl sites for hydroxylation is 1. The van der Waals surface area contributed by atoms with E-state index in [-0.39, 0.29) is 11.3 Å². The first-order valence-electron chi connectivity index (χ1n) is 5.78. The largest absolute Gasteiger partial charge is 0.480 e. The van der Waals surface area contributed by atoms with Crippen molar-refractivity contribution in [1.29, 1.82) is 0 Å². The third kappa shape index (κ3) is 3.90. The Labute approximate surface area is 133 Å². The lowest BCUT2D eigenvalue weighted by Gasteiger charge is -2.13. The van der Waals surface area contributed by atoms with Crippen molar-refractivity contribution in [3.63, 3.8) is 0 Å². The summed E-state index contributed by atoms with van der Waals surface area (Å²) in [7, 11) is -3.90. The Morgan fingerprint density at radius 1 is 1.62 bits per heavy atom. The number of hydrogen-bond acceptors (Lipinski definition) is 5. The monoisotopic (exact) mass is 393 g/mol. The minimum Gasteiger partial charge on any atom is -0.480 e. The van der Waals surface area contributed by atoms with Crippen LogP contribution in [0.4, 0.5) is 0 Å². The van der Waals surface area contributed by atoms with Crippen LogP contribution in [0.3, 0.4) is 0 Å². The second-order valence-electron chi connectivity index (χ2n) is 4.26. The average molecular weight is 394 g/mol. The number of H-pyrrole nitrogens is 1. The van der Waals surface area contributed by atoms with Crippen LogP contribution >= 0.6 is 27.3 Å². The summed E-state index contributed by atoms with van der Waals surface area (Å²) in [6.07, 6.45) is 2.85. The van der Waals surface area contributed by atoms with Gasteiger partial charge in [0.05, 0.1) is 15.0 Å². The van der Waals surface area contributed by atoms with Gasteiger partial charge in [-0.2, -0.15) is 4.72 Å². The van der Waals surface area contributed by atoms with Gasteiger partial charge in [0.1, 0.15) is 6.04 Å². The molecule has 0 saturated carbocycles. The fraction of sp³-hybridized carbons (Fsp3) is 0.273. The van der Waals surface area contributed by atoms with Crippen LogP contribution in [0, 0.1) is 6.92 Å². The first-order valence-corrected chi connectivity index (χ1v) is 8.87. The van der Waals surface area contributed by atoms with Gasteiger partial charge in [-0.1, -0.05) is 0 Å². The lowest BCUT2D eigenvalue weighted by molar-refractivity contribution is -0.138. The van der Waals surface area contributed by atoms with Gasteiger partial charge < -0.3 is 10.1 Å². The molecule has 0 spiro atoms. The quantitative estimate of drug-likeness (QED) is 0.688. The van der Waals surface area contributed by atoms with Gasteiger partial charge in [0.2, 0.25) is 10.0 Å². The fourth-order valence-corrected chi connectivity index (χ4v) is 5.35. The van der Waals surface area contributed by atoms with Gasteiger partial charge in [-0.25, -0.2) is 13.4 Å². The third-order valence-corrected chi connectivity index (χ3v) is 5.99. The topological polar surface area (TPSA) is 112 Å². The van der Waals surface area contributed by atoms with Gasteiger partial charge in [-0.15, -0.1) is 11.3 Å². The highest BCUT2D eigenvalue weighted by atomic mass is 79.9. The molecule has 7 nitrogen and oxygen atoms in total. The highest BCUT2D eigenvalue weighted by Gasteiger charge is 2.28. The van der Waals surface area contributed by atoms with Crippen LogP contribution < -0.4 is 4.72 Å². The van der Waals surface area contributed by atoms with Crippen LogP contribution in [0.1, 0.15) is 10.6 Å². The van der Waals surface area contributed by atoms with Gasteiger partial charge >= 0.3 is 5.97 Å². The fourth-order valence-electron chi connectivity index (χ4n) is 1.74. The summed E-state index contributed by atoms with van der Waals surface area (Å²) in [6, 6.07) is 0.186. The molecule has 2 aromatic heterocycles. The average Bonchev–Trinajstić information content (AvgIpc) is 2.98. The van der Waals surface area contributed by atoms with Crippen LogP contribution in [-0.4, -0.2) is 35.5 Å². The SMILES string of the molecule is Cc1sc(Br)cc1S(=O)(=O)NC(Cc1cnc[nH]1)C(=O)O. The van der Waals surface area contributed by atoms with Crippen molar-refractivity contribution >= 4 is 43.3 Å². The first kappa shape index (κ1) is 16.1. The number of nitrogens with zero attached hydrogens (tertiary/aromatic N) is 1. The van der Waals surface area contributed by atoms with Gasteiger partial charge in [0.15, 0.2) is 0 Å². The molecule has 1 atom stereocenters. The number of rotatable bonds is 6. The molecule has 0 bridgehead atoms. The molecule has 10 heteroatoms. The van der Waals surface area contributed by atoms with E-state index in [1.54, 1.807) is 6.92 Å². The molecule has 0 amide bonds. The van der Waals surface area contributed by atoms with Crippen LogP contribution in [0.5, 0.6) is 0 Å². The number of imidazole rings is 1. The smallest absolute Gasteiger partial charge is 0.322 e. The molecule has 0 fully saturated rings. The zero-order chi connectivity index (χ0) is 15.6. The molecule has 2 heterocycles. The summed E-state index contributed by atoms with van der Waals surface area (Å²) < 4.78 is 27.5. The summed E-state index contributed by atoms with van der Waals surface area (Å²) >= 11 is 4.49. The van der Waals surface area contributed by atoms with Gasteiger partial charge in [-0.05, 0) is 28.9 Å². The van der Waals surface area contributed by atoms with E-state index in [0.29, 0.717) is 14.4 Å². The number of carboxylic acid groups (broad SMARTS) is 1. The Morgan fingerprint density at radius 3 is 2.81 bits per heavy atom. The van der Waals surface area contributed by atoms with Crippen molar-refractivity contribution in [2.24, 2.45) is 0 Å². The van der Waals surface area contributed by atoms with Gasteiger partial charge in [0.25, 0.3) is 0 Å². The molecule has 1 unspecified atom stereocenters. The standard InChI is InChI=1S/C11H12BrN3O4S2/c1-6-9(3-10(12)20-6)21(18,19)15-8(11(16)17)2-7-4-13-5-14-7/h3-5,8,15H,2H2,1H3,(H,13,14)(H,16,17). The van der Waals surface area contributed by atoms with Crippen LogP contribution in [0.15, 0.2) is 27.3 Å². The Kier molecular flexibility index (Phi) is 4.81. The van der Waals surface area contributed by atoms with Gasteiger partial charge in [0, 0.05) is 23.2 Å². The molecular weight excluding hydrogens is 382 g/mol. The number of aromatic nitrogens is 2. The van der Waals surface area contributed by atoms with E-state index in [2.05, 4.69) is 30.6 Å². The number of aromatic amines is 1. The van der Waals surface area contributed by atoms with E-state index in [9.17, 15) is 18.3 Å². The maximum Gasteiger partial charge on any atom is 0.322 e. The number of carboxylic acids is 1. The lowest BCUT2D eigenvalue weighted by Crippen LogP contribution is -2.42. The van der Waals surface area contributed by atoms with Gasteiger partial charge in [-0.3, -0.25) is 4.79 Å². The maximum atomic E-state index is 12.3. The zero-order valence-corrected chi connectivity index (χ0v) is 14.0. The molecule has 3 N–H and O–H groups in total. The Balaban J connectivity index is 2.23. The molecule has 0 aliphatic heterocycles. The number of halogens is 1. The van der Waals surface area contributed by atoms with Crippen molar-refractivity contribution in [1.82, 2.24) is 14.7 Å². The second-order valence-corrected chi connectivity index (χ2v) is 8.58. The summed E-state index contributed by atoms with van der Waals surface area (Å²) in [5.74, 6) is -1.25. The Hall–Kier alpha value is -1.23. The molecule has 0 saturated heterocycles.